The summed E-state index contributed by atoms with van der Waals surface area (Å²) >= 11 is 2.02. The number of hydrogen-bond donors (Lipinski definition) is 1. The van der Waals surface area contributed by atoms with Crippen molar-refractivity contribution in [3.05, 3.63) is 11.3 Å². The zero-order valence-electron chi connectivity index (χ0n) is 10.1. The highest BCUT2D eigenvalue weighted by atomic mass is 32.2. The van der Waals surface area contributed by atoms with E-state index in [1.165, 1.54) is 23.5 Å². The summed E-state index contributed by atoms with van der Waals surface area (Å²) in [6, 6.07) is 0.648. The second-order valence-electron chi connectivity index (χ2n) is 4.14. The Morgan fingerprint density at radius 1 is 1.62 bits per heavy atom. The van der Waals surface area contributed by atoms with Gasteiger partial charge in [0.15, 0.2) is 0 Å². The lowest BCUT2D eigenvalue weighted by Gasteiger charge is -2.11. The van der Waals surface area contributed by atoms with E-state index in [0.717, 1.165) is 18.1 Å². The molecule has 1 N–H and O–H groups in total. The zero-order valence-corrected chi connectivity index (χ0v) is 10.9. The van der Waals surface area contributed by atoms with E-state index in [1.54, 1.807) is 11.8 Å². The Kier molecular flexibility index (Phi) is 3.76. The van der Waals surface area contributed by atoms with Gasteiger partial charge in [0.05, 0.1) is 18.4 Å². The molecule has 0 spiro atoms. The lowest BCUT2D eigenvalue weighted by atomic mass is 10.2. The van der Waals surface area contributed by atoms with Gasteiger partial charge < -0.3 is 10.1 Å². The van der Waals surface area contributed by atoms with Crippen LogP contribution in [0.2, 0.25) is 0 Å². The predicted octanol–water partition coefficient (Wildman–Crippen LogP) is 1.33. The van der Waals surface area contributed by atoms with E-state index < -0.39 is 0 Å². The molecular weight excluding hydrogens is 222 g/mol. The molecule has 5 heteroatoms. The van der Waals surface area contributed by atoms with Crippen molar-refractivity contribution in [2.45, 2.75) is 25.9 Å². The third kappa shape index (κ3) is 2.35. The van der Waals surface area contributed by atoms with Crippen molar-refractivity contribution in [3.8, 4) is 5.88 Å². The third-order valence-corrected chi connectivity index (χ3v) is 4.14. The molecule has 0 bridgehead atoms. The Labute approximate surface area is 101 Å². The monoisotopic (exact) mass is 241 g/mol. The maximum absolute atomic E-state index is 5.37. The largest absolute Gasteiger partial charge is 0.481 e. The molecule has 0 radical (unpaired) electrons. The van der Waals surface area contributed by atoms with Crippen LogP contribution in [0.3, 0.4) is 0 Å². The van der Waals surface area contributed by atoms with Crippen LogP contribution in [-0.4, -0.2) is 34.4 Å². The summed E-state index contributed by atoms with van der Waals surface area (Å²) in [4.78, 5) is 0. The molecule has 0 amide bonds. The number of rotatable bonds is 4. The Bertz CT molecular complexity index is 358. The first-order valence-corrected chi connectivity index (χ1v) is 6.75. The average Bonchev–Trinajstić information content (AvgIpc) is 2.83. The minimum Gasteiger partial charge on any atom is -0.481 e. The molecule has 0 saturated carbocycles. The number of aromatic nitrogens is 2. The number of hydrogen-bond acceptors (Lipinski definition) is 4. The van der Waals surface area contributed by atoms with Crippen LogP contribution in [-0.2, 0) is 13.6 Å². The van der Waals surface area contributed by atoms with Crippen molar-refractivity contribution in [2.24, 2.45) is 7.05 Å². The van der Waals surface area contributed by atoms with E-state index >= 15 is 0 Å². The maximum atomic E-state index is 5.37. The van der Waals surface area contributed by atoms with Crippen LogP contribution < -0.4 is 10.1 Å². The van der Waals surface area contributed by atoms with E-state index in [-0.39, 0.29) is 0 Å². The lowest BCUT2D eigenvalue weighted by Crippen LogP contribution is -2.28. The molecule has 2 heterocycles. The molecular formula is C11H19N3OS. The Balaban J connectivity index is 2.02. The number of ether oxygens (including phenoxy) is 1. The van der Waals surface area contributed by atoms with E-state index in [4.69, 9.17) is 4.74 Å². The summed E-state index contributed by atoms with van der Waals surface area (Å²) in [5.41, 5.74) is 2.24. The molecule has 1 aliphatic rings. The van der Waals surface area contributed by atoms with Gasteiger partial charge in [-0.25, -0.2) is 4.68 Å². The van der Waals surface area contributed by atoms with Crippen molar-refractivity contribution >= 4 is 11.8 Å². The molecule has 0 aliphatic carbocycles. The summed E-state index contributed by atoms with van der Waals surface area (Å²) < 4.78 is 7.17. The highest BCUT2D eigenvalue weighted by Gasteiger charge is 2.18. The highest BCUT2D eigenvalue weighted by Crippen LogP contribution is 2.22. The Hall–Kier alpha value is -0.680. The zero-order chi connectivity index (χ0) is 11.5. The van der Waals surface area contributed by atoms with Gasteiger partial charge in [-0.2, -0.15) is 16.9 Å². The van der Waals surface area contributed by atoms with Gasteiger partial charge in [0.2, 0.25) is 5.88 Å². The summed E-state index contributed by atoms with van der Waals surface area (Å²) in [6.07, 6.45) is 1.27. The quantitative estimate of drug-likeness (QED) is 0.863. The fourth-order valence-corrected chi connectivity index (χ4v) is 3.27. The second kappa shape index (κ2) is 5.10. The van der Waals surface area contributed by atoms with Crippen LogP contribution >= 0.6 is 11.8 Å². The van der Waals surface area contributed by atoms with Crippen LogP contribution in [0.25, 0.3) is 0 Å². The second-order valence-corrected chi connectivity index (χ2v) is 5.29. The number of nitrogens with zero attached hydrogens (tertiary/aromatic N) is 2. The van der Waals surface area contributed by atoms with Gasteiger partial charge in [-0.1, -0.05) is 0 Å². The molecule has 1 aromatic rings. The highest BCUT2D eigenvalue weighted by molar-refractivity contribution is 7.99. The van der Waals surface area contributed by atoms with E-state index in [2.05, 4.69) is 10.4 Å². The SMILES string of the molecule is COc1c(CNC2CCSC2)c(C)nn1C. The van der Waals surface area contributed by atoms with Crippen molar-refractivity contribution in [3.63, 3.8) is 0 Å². The Morgan fingerprint density at radius 2 is 2.44 bits per heavy atom. The molecule has 1 atom stereocenters. The minimum atomic E-state index is 0.648. The first-order valence-electron chi connectivity index (χ1n) is 5.60. The van der Waals surface area contributed by atoms with E-state index in [9.17, 15) is 0 Å². The van der Waals surface area contributed by atoms with Crippen LogP contribution in [0.15, 0.2) is 0 Å². The van der Waals surface area contributed by atoms with Gasteiger partial charge in [0, 0.05) is 25.4 Å². The molecule has 90 valence electrons. The standard InChI is InChI=1S/C11H19N3OS/c1-8-10(11(15-3)14(2)13-8)6-12-9-4-5-16-7-9/h9,12H,4-7H2,1-3H3. The summed E-state index contributed by atoms with van der Waals surface area (Å²) in [5, 5.41) is 7.95. The van der Waals surface area contributed by atoms with Gasteiger partial charge in [-0.3, -0.25) is 0 Å². The normalized spacial score (nSPS) is 20.3. The predicted molar refractivity (Wildman–Crippen MR) is 67.1 cm³/mol. The molecule has 4 nitrogen and oxygen atoms in total. The Morgan fingerprint density at radius 3 is 3.06 bits per heavy atom. The first-order chi connectivity index (χ1) is 7.72. The van der Waals surface area contributed by atoms with Crippen LogP contribution in [0.1, 0.15) is 17.7 Å². The molecule has 1 saturated heterocycles. The number of methoxy groups -OCH3 is 1. The molecule has 1 aromatic heterocycles. The molecule has 0 aromatic carbocycles. The third-order valence-electron chi connectivity index (χ3n) is 2.98. The number of aryl methyl sites for hydroxylation is 2. The molecule has 1 unspecified atom stereocenters. The van der Waals surface area contributed by atoms with E-state index in [0.29, 0.717) is 6.04 Å². The fraction of sp³-hybridized carbons (Fsp3) is 0.727. The number of thioether (sulfide) groups is 1. The summed E-state index contributed by atoms with van der Waals surface area (Å²) in [7, 11) is 3.62. The maximum Gasteiger partial charge on any atom is 0.216 e. The first kappa shape index (κ1) is 11.8. The molecule has 2 rings (SSSR count). The van der Waals surface area contributed by atoms with Crippen molar-refractivity contribution < 1.29 is 4.74 Å². The topological polar surface area (TPSA) is 39.1 Å². The van der Waals surface area contributed by atoms with Gasteiger partial charge in [0.25, 0.3) is 0 Å². The van der Waals surface area contributed by atoms with Crippen molar-refractivity contribution in [1.82, 2.24) is 15.1 Å². The van der Waals surface area contributed by atoms with Gasteiger partial charge in [-0.05, 0) is 19.1 Å². The van der Waals surface area contributed by atoms with Crippen molar-refractivity contribution in [2.75, 3.05) is 18.6 Å². The van der Waals surface area contributed by atoms with Crippen molar-refractivity contribution in [1.29, 1.82) is 0 Å². The van der Waals surface area contributed by atoms with Crippen LogP contribution in [0.4, 0.5) is 0 Å². The number of nitrogens with one attached hydrogen (secondary N) is 1. The van der Waals surface area contributed by atoms with E-state index in [1.807, 2.05) is 25.7 Å². The molecule has 16 heavy (non-hydrogen) atoms. The van der Waals surface area contributed by atoms with Gasteiger partial charge >= 0.3 is 0 Å². The lowest BCUT2D eigenvalue weighted by molar-refractivity contribution is 0.367. The molecule has 1 fully saturated rings. The minimum absolute atomic E-state index is 0.648. The smallest absolute Gasteiger partial charge is 0.216 e. The van der Waals surface area contributed by atoms with Crippen LogP contribution in [0, 0.1) is 6.92 Å². The fourth-order valence-electron chi connectivity index (χ4n) is 2.08. The van der Waals surface area contributed by atoms with Gasteiger partial charge in [0.1, 0.15) is 0 Å². The van der Waals surface area contributed by atoms with Crippen LogP contribution in [0.5, 0.6) is 5.88 Å². The average molecular weight is 241 g/mol. The van der Waals surface area contributed by atoms with Gasteiger partial charge in [-0.15, -0.1) is 0 Å². The summed E-state index contributed by atoms with van der Waals surface area (Å²) in [6.45, 7) is 2.89. The molecule has 1 aliphatic heterocycles. The summed E-state index contributed by atoms with van der Waals surface area (Å²) in [5.74, 6) is 3.37.